The van der Waals surface area contributed by atoms with E-state index in [1.807, 2.05) is 82.3 Å². The molecule has 3 rings (SSSR count). The zero-order valence-electron chi connectivity index (χ0n) is 20.8. The second kappa shape index (κ2) is 11.5. The molecular weight excluding hydrogens is 426 g/mol. The van der Waals surface area contributed by atoms with Crippen LogP contribution < -0.4 is 10.6 Å². The molecule has 1 heterocycles. The van der Waals surface area contributed by atoms with Gasteiger partial charge in [0.25, 0.3) is 0 Å². The van der Waals surface area contributed by atoms with Crippen molar-refractivity contribution in [3.63, 3.8) is 0 Å². The Morgan fingerprint density at radius 1 is 1.03 bits per heavy atom. The fraction of sp³-hybridized carbons (Fsp3) is 0.370. The van der Waals surface area contributed by atoms with Gasteiger partial charge < -0.3 is 15.5 Å². The van der Waals surface area contributed by atoms with Crippen LogP contribution in [0.25, 0.3) is 16.8 Å². The van der Waals surface area contributed by atoms with Gasteiger partial charge in [-0.05, 0) is 51.8 Å². The van der Waals surface area contributed by atoms with Crippen molar-refractivity contribution in [1.82, 2.24) is 20.0 Å². The number of hydrogen-bond acceptors (Lipinski definition) is 3. The number of carbonyl (C=O) groups excluding carboxylic acids is 2. The Morgan fingerprint density at radius 2 is 1.71 bits per heavy atom. The summed E-state index contributed by atoms with van der Waals surface area (Å²) in [7, 11) is 0. The molecular formula is C27H35N5O2. The number of aryl methyl sites for hydroxylation is 2. The maximum Gasteiger partial charge on any atom is 0.318 e. The van der Waals surface area contributed by atoms with Gasteiger partial charge in [0.05, 0.1) is 11.4 Å². The first kappa shape index (κ1) is 25.0. The van der Waals surface area contributed by atoms with E-state index in [2.05, 4.69) is 17.6 Å². The van der Waals surface area contributed by atoms with Gasteiger partial charge in [0, 0.05) is 18.2 Å². The van der Waals surface area contributed by atoms with E-state index >= 15 is 0 Å². The lowest BCUT2D eigenvalue weighted by Gasteiger charge is -2.26. The standard InChI is InChI=1S/C27H35N5O2/c1-6-7-17-28-27(34)31(19(2)3)18-24(33)29-26-25(22-11-9-8-10-12-22)21(5)30-32(26)23-15-13-20(4)14-16-23/h8-16,19H,6-7,17-18H2,1-5H3,(H,28,34)(H,29,33). The number of aromatic nitrogens is 2. The fourth-order valence-electron chi connectivity index (χ4n) is 3.75. The Hall–Kier alpha value is -3.61. The van der Waals surface area contributed by atoms with Crippen LogP contribution in [0.2, 0.25) is 0 Å². The molecule has 3 aromatic rings. The van der Waals surface area contributed by atoms with Gasteiger partial charge in [-0.15, -0.1) is 0 Å². The topological polar surface area (TPSA) is 79.3 Å². The van der Waals surface area contributed by atoms with Crippen molar-refractivity contribution in [1.29, 1.82) is 0 Å². The summed E-state index contributed by atoms with van der Waals surface area (Å²) < 4.78 is 1.76. The summed E-state index contributed by atoms with van der Waals surface area (Å²) in [5.41, 5.74) is 4.62. The third kappa shape index (κ3) is 6.04. The number of nitrogens with zero attached hydrogens (tertiary/aromatic N) is 3. The molecule has 7 heteroatoms. The van der Waals surface area contributed by atoms with Crippen molar-refractivity contribution in [2.75, 3.05) is 18.4 Å². The Balaban J connectivity index is 1.93. The van der Waals surface area contributed by atoms with Crippen LogP contribution in [0, 0.1) is 13.8 Å². The molecule has 0 bridgehead atoms. The average molecular weight is 462 g/mol. The number of urea groups is 1. The predicted octanol–water partition coefficient (Wildman–Crippen LogP) is 5.31. The van der Waals surface area contributed by atoms with Crippen LogP contribution in [0.15, 0.2) is 54.6 Å². The lowest BCUT2D eigenvalue weighted by molar-refractivity contribution is -0.117. The van der Waals surface area contributed by atoms with Crippen LogP contribution in [-0.4, -0.2) is 45.8 Å². The van der Waals surface area contributed by atoms with Gasteiger partial charge in [-0.1, -0.05) is 61.4 Å². The van der Waals surface area contributed by atoms with Crippen molar-refractivity contribution < 1.29 is 9.59 Å². The highest BCUT2D eigenvalue weighted by atomic mass is 16.2. The monoisotopic (exact) mass is 461 g/mol. The van der Waals surface area contributed by atoms with E-state index in [4.69, 9.17) is 5.10 Å². The molecule has 0 fully saturated rings. The minimum atomic E-state index is -0.273. The second-order valence-electron chi connectivity index (χ2n) is 8.78. The van der Waals surface area contributed by atoms with Crippen molar-refractivity contribution in [2.24, 2.45) is 0 Å². The van der Waals surface area contributed by atoms with Crippen LogP contribution >= 0.6 is 0 Å². The molecule has 180 valence electrons. The van der Waals surface area contributed by atoms with Crippen LogP contribution in [0.3, 0.4) is 0 Å². The summed E-state index contributed by atoms with van der Waals surface area (Å²) >= 11 is 0. The number of unbranched alkanes of at least 4 members (excludes halogenated alkanes) is 1. The summed E-state index contributed by atoms with van der Waals surface area (Å²) in [6.45, 7) is 10.4. The van der Waals surface area contributed by atoms with Crippen LogP contribution in [-0.2, 0) is 4.79 Å². The Labute approximate surface area is 202 Å². The first-order valence-electron chi connectivity index (χ1n) is 11.9. The van der Waals surface area contributed by atoms with Gasteiger partial charge in [-0.25, -0.2) is 9.48 Å². The van der Waals surface area contributed by atoms with Gasteiger partial charge >= 0.3 is 6.03 Å². The molecule has 0 aliphatic rings. The molecule has 0 saturated carbocycles. The molecule has 0 radical (unpaired) electrons. The van der Waals surface area contributed by atoms with Crippen molar-refractivity contribution in [3.8, 4) is 16.8 Å². The molecule has 0 spiro atoms. The molecule has 0 aliphatic carbocycles. The predicted molar refractivity (Wildman–Crippen MR) is 137 cm³/mol. The summed E-state index contributed by atoms with van der Waals surface area (Å²) in [5.74, 6) is 0.317. The van der Waals surface area contributed by atoms with E-state index in [0.29, 0.717) is 12.4 Å². The number of anilines is 1. The van der Waals surface area contributed by atoms with Gasteiger partial charge in [0.1, 0.15) is 12.4 Å². The first-order chi connectivity index (χ1) is 16.3. The average Bonchev–Trinajstić information content (AvgIpc) is 3.13. The third-order valence-electron chi connectivity index (χ3n) is 5.66. The van der Waals surface area contributed by atoms with E-state index in [1.54, 1.807) is 9.58 Å². The summed E-state index contributed by atoms with van der Waals surface area (Å²) in [6, 6.07) is 17.5. The van der Waals surface area contributed by atoms with E-state index in [-0.39, 0.29) is 24.5 Å². The number of rotatable bonds is 9. The Bertz CT molecular complexity index is 1100. The number of benzene rings is 2. The van der Waals surface area contributed by atoms with Crippen molar-refractivity contribution in [3.05, 3.63) is 65.9 Å². The largest absolute Gasteiger partial charge is 0.338 e. The van der Waals surface area contributed by atoms with Gasteiger partial charge in [0.15, 0.2) is 0 Å². The van der Waals surface area contributed by atoms with Crippen LogP contribution in [0.1, 0.15) is 44.9 Å². The van der Waals surface area contributed by atoms with Gasteiger partial charge in [0.2, 0.25) is 5.91 Å². The summed E-state index contributed by atoms with van der Waals surface area (Å²) in [5, 5.41) is 10.7. The number of amides is 3. The number of nitrogens with one attached hydrogen (secondary N) is 2. The van der Waals surface area contributed by atoms with Crippen LogP contribution in [0.4, 0.5) is 10.6 Å². The molecule has 0 saturated heterocycles. The molecule has 1 aromatic heterocycles. The van der Waals surface area contributed by atoms with E-state index in [9.17, 15) is 9.59 Å². The zero-order valence-corrected chi connectivity index (χ0v) is 20.8. The molecule has 0 unspecified atom stereocenters. The quantitative estimate of drug-likeness (QED) is 0.424. The molecule has 2 N–H and O–H groups in total. The van der Waals surface area contributed by atoms with Crippen molar-refractivity contribution >= 4 is 17.8 Å². The van der Waals surface area contributed by atoms with Gasteiger partial charge in [-0.3, -0.25) is 4.79 Å². The maximum atomic E-state index is 13.2. The third-order valence-corrected chi connectivity index (χ3v) is 5.66. The summed E-state index contributed by atoms with van der Waals surface area (Å²) in [6.07, 6.45) is 1.90. The number of hydrogen-bond donors (Lipinski definition) is 2. The summed E-state index contributed by atoms with van der Waals surface area (Å²) in [4.78, 5) is 27.4. The lowest BCUT2D eigenvalue weighted by Crippen LogP contribution is -2.47. The SMILES string of the molecule is CCCCNC(=O)N(CC(=O)Nc1c(-c2ccccc2)c(C)nn1-c1ccc(C)cc1)C(C)C. The minimum Gasteiger partial charge on any atom is -0.338 e. The first-order valence-corrected chi connectivity index (χ1v) is 11.9. The fourth-order valence-corrected chi connectivity index (χ4v) is 3.75. The molecule has 7 nitrogen and oxygen atoms in total. The maximum absolute atomic E-state index is 13.2. The molecule has 34 heavy (non-hydrogen) atoms. The smallest absolute Gasteiger partial charge is 0.318 e. The Morgan fingerprint density at radius 3 is 2.32 bits per heavy atom. The van der Waals surface area contributed by atoms with E-state index in [0.717, 1.165) is 40.9 Å². The molecule has 0 atom stereocenters. The minimum absolute atomic E-state index is 0.0536. The van der Waals surface area contributed by atoms with E-state index in [1.165, 1.54) is 0 Å². The number of carbonyl (C=O) groups is 2. The zero-order chi connectivity index (χ0) is 24.7. The Kier molecular flexibility index (Phi) is 8.46. The molecule has 0 aliphatic heterocycles. The van der Waals surface area contributed by atoms with Gasteiger partial charge in [-0.2, -0.15) is 5.10 Å². The van der Waals surface area contributed by atoms with E-state index < -0.39 is 0 Å². The van der Waals surface area contributed by atoms with Crippen LogP contribution in [0.5, 0.6) is 0 Å². The normalized spacial score (nSPS) is 10.9. The highest BCUT2D eigenvalue weighted by Gasteiger charge is 2.24. The molecule has 3 amide bonds. The highest BCUT2D eigenvalue weighted by molar-refractivity contribution is 5.97. The highest BCUT2D eigenvalue weighted by Crippen LogP contribution is 2.33. The second-order valence-corrected chi connectivity index (χ2v) is 8.78. The van der Waals surface area contributed by atoms with Crippen molar-refractivity contribution in [2.45, 2.75) is 53.5 Å². The molecule has 2 aromatic carbocycles. The lowest BCUT2D eigenvalue weighted by atomic mass is 10.1.